The van der Waals surface area contributed by atoms with Crippen LogP contribution in [0.2, 0.25) is 0 Å². The van der Waals surface area contributed by atoms with Crippen LogP contribution in [0.25, 0.3) is 11.3 Å². The lowest BCUT2D eigenvalue weighted by atomic mass is 10.1. The maximum atomic E-state index is 12.2. The molecule has 0 radical (unpaired) electrons. The van der Waals surface area contributed by atoms with E-state index >= 15 is 0 Å². The Morgan fingerprint density at radius 2 is 1.82 bits per heavy atom. The predicted molar refractivity (Wildman–Crippen MR) is 81.3 cm³/mol. The van der Waals surface area contributed by atoms with Crippen molar-refractivity contribution in [3.8, 4) is 11.3 Å². The Labute approximate surface area is 128 Å². The summed E-state index contributed by atoms with van der Waals surface area (Å²) < 4.78 is 0. The summed E-state index contributed by atoms with van der Waals surface area (Å²) in [6.45, 7) is 0. The molecule has 1 saturated carbocycles. The Morgan fingerprint density at radius 1 is 1.09 bits per heavy atom. The van der Waals surface area contributed by atoms with Gasteiger partial charge in [0.1, 0.15) is 11.7 Å². The highest BCUT2D eigenvalue weighted by atomic mass is 16.4. The number of carbonyl (C=O) groups is 2. The summed E-state index contributed by atoms with van der Waals surface area (Å²) >= 11 is 0. The average Bonchev–Trinajstić information content (AvgIpc) is 3.38. The fourth-order valence-electron chi connectivity index (χ4n) is 2.36. The van der Waals surface area contributed by atoms with Crippen molar-refractivity contribution in [2.45, 2.75) is 18.9 Å². The van der Waals surface area contributed by atoms with E-state index < -0.39 is 17.9 Å². The van der Waals surface area contributed by atoms with Crippen molar-refractivity contribution in [2.24, 2.45) is 5.92 Å². The van der Waals surface area contributed by atoms with Crippen LogP contribution < -0.4 is 5.32 Å². The number of carboxylic acids is 1. The Morgan fingerprint density at radius 3 is 2.45 bits per heavy atom. The van der Waals surface area contributed by atoms with Crippen LogP contribution in [0.4, 0.5) is 0 Å². The highest BCUT2D eigenvalue weighted by Crippen LogP contribution is 2.32. The highest BCUT2D eigenvalue weighted by Gasteiger charge is 2.37. The second-order valence-electron chi connectivity index (χ2n) is 5.40. The number of rotatable bonds is 5. The predicted octanol–water partition coefficient (Wildman–Crippen LogP) is 2.34. The number of carboxylic acid groups (broad SMARTS) is 1. The lowest BCUT2D eigenvalue weighted by molar-refractivity contribution is -0.139. The molecule has 1 aromatic carbocycles. The largest absolute Gasteiger partial charge is 0.480 e. The zero-order valence-corrected chi connectivity index (χ0v) is 11.9. The zero-order valence-electron chi connectivity index (χ0n) is 11.9. The number of hydrogen-bond donors (Lipinski definition) is 2. The number of benzene rings is 1. The van der Waals surface area contributed by atoms with Gasteiger partial charge in [-0.25, -0.2) is 9.78 Å². The first-order valence-corrected chi connectivity index (χ1v) is 7.21. The Kier molecular flexibility index (Phi) is 3.87. The number of carbonyl (C=O) groups excluding carboxylic acids is 1. The monoisotopic (exact) mass is 296 g/mol. The molecule has 1 amide bonds. The summed E-state index contributed by atoms with van der Waals surface area (Å²) in [6.07, 6.45) is 1.68. The number of amides is 1. The number of aromatic nitrogens is 1. The fraction of sp³-hybridized carbons (Fsp3) is 0.235. The van der Waals surface area contributed by atoms with Gasteiger partial charge >= 0.3 is 5.97 Å². The molecule has 5 nitrogen and oxygen atoms in total. The number of hydrogen-bond acceptors (Lipinski definition) is 3. The van der Waals surface area contributed by atoms with Crippen molar-refractivity contribution >= 4 is 11.9 Å². The van der Waals surface area contributed by atoms with Crippen LogP contribution in [-0.4, -0.2) is 28.0 Å². The van der Waals surface area contributed by atoms with Gasteiger partial charge in [-0.05, 0) is 30.9 Å². The third-order valence-electron chi connectivity index (χ3n) is 3.70. The third kappa shape index (κ3) is 3.14. The number of nitrogens with one attached hydrogen (secondary N) is 1. The van der Waals surface area contributed by atoms with Gasteiger partial charge in [0.05, 0.1) is 5.69 Å². The molecule has 1 aromatic heterocycles. The summed E-state index contributed by atoms with van der Waals surface area (Å²) in [7, 11) is 0. The molecule has 0 bridgehead atoms. The first kappa shape index (κ1) is 14.3. The zero-order chi connectivity index (χ0) is 15.5. The molecule has 112 valence electrons. The van der Waals surface area contributed by atoms with Gasteiger partial charge in [0, 0.05) is 5.56 Å². The van der Waals surface area contributed by atoms with Crippen molar-refractivity contribution in [2.75, 3.05) is 0 Å². The first-order chi connectivity index (χ1) is 10.6. The van der Waals surface area contributed by atoms with E-state index in [9.17, 15) is 14.7 Å². The lowest BCUT2D eigenvalue weighted by Crippen LogP contribution is -2.42. The number of aliphatic carboxylic acids is 1. The average molecular weight is 296 g/mol. The van der Waals surface area contributed by atoms with Gasteiger partial charge in [0.15, 0.2) is 0 Å². The summed E-state index contributed by atoms with van der Waals surface area (Å²) in [4.78, 5) is 27.8. The van der Waals surface area contributed by atoms with Crippen LogP contribution in [0.1, 0.15) is 23.3 Å². The molecule has 3 rings (SSSR count). The van der Waals surface area contributed by atoms with Crippen molar-refractivity contribution in [1.82, 2.24) is 10.3 Å². The molecule has 0 spiro atoms. The first-order valence-electron chi connectivity index (χ1n) is 7.21. The second-order valence-corrected chi connectivity index (χ2v) is 5.40. The molecule has 2 aromatic rings. The van der Waals surface area contributed by atoms with Crippen molar-refractivity contribution in [3.63, 3.8) is 0 Å². The topological polar surface area (TPSA) is 79.3 Å². The number of nitrogens with zero attached hydrogens (tertiary/aromatic N) is 1. The molecule has 5 heteroatoms. The highest BCUT2D eigenvalue weighted by molar-refractivity contribution is 5.95. The van der Waals surface area contributed by atoms with Crippen molar-refractivity contribution in [3.05, 3.63) is 54.2 Å². The molecular weight excluding hydrogens is 280 g/mol. The summed E-state index contributed by atoms with van der Waals surface area (Å²) in [5.41, 5.74) is 1.83. The summed E-state index contributed by atoms with van der Waals surface area (Å²) in [5, 5.41) is 11.7. The maximum absolute atomic E-state index is 12.2. The van der Waals surface area contributed by atoms with Gasteiger partial charge < -0.3 is 10.4 Å². The van der Waals surface area contributed by atoms with E-state index in [1.165, 1.54) is 0 Å². The molecule has 1 atom stereocenters. The van der Waals surface area contributed by atoms with E-state index in [-0.39, 0.29) is 11.6 Å². The van der Waals surface area contributed by atoms with Crippen molar-refractivity contribution in [1.29, 1.82) is 0 Å². The standard InChI is InChI=1S/C17H16N2O3/c20-16(19-15(17(21)22)12-9-10-12)14-8-4-7-13(18-14)11-5-2-1-3-6-11/h1-8,12,15H,9-10H2,(H,19,20)(H,21,22). The van der Waals surface area contributed by atoms with Crippen LogP contribution in [0, 0.1) is 5.92 Å². The van der Waals surface area contributed by atoms with E-state index in [1.807, 2.05) is 36.4 Å². The van der Waals surface area contributed by atoms with Crippen LogP contribution in [0.15, 0.2) is 48.5 Å². The fourth-order valence-corrected chi connectivity index (χ4v) is 2.36. The van der Waals surface area contributed by atoms with Crippen LogP contribution >= 0.6 is 0 Å². The molecule has 0 saturated heterocycles. The number of pyridine rings is 1. The summed E-state index contributed by atoms with van der Waals surface area (Å²) in [5.74, 6) is -1.40. The minimum absolute atomic E-state index is 0.0405. The third-order valence-corrected chi connectivity index (χ3v) is 3.70. The SMILES string of the molecule is O=C(NC(C(=O)O)C1CC1)c1cccc(-c2ccccc2)n1. The van der Waals surface area contributed by atoms with Gasteiger partial charge in [0.2, 0.25) is 0 Å². The lowest BCUT2D eigenvalue weighted by Gasteiger charge is -2.13. The van der Waals surface area contributed by atoms with Gasteiger partial charge in [-0.15, -0.1) is 0 Å². The maximum Gasteiger partial charge on any atom is 0.326 e. The summed E-state index contributed by atoms with van der Waals surface area (Å²) in [6, 6.07) is 13.9. The molecule has 1 aliphatic rings. The quantitative estimate of drug-likeness (QED) is 0.887. The second kappa shape index (κ2) is 5.97. The van der Waals surface area contributed by atoms with Crippen LogP contribution in [0.3, 0.4) is 0 Å². The molecule has 0 aliphatic heterocycles. The normalized spacial score (nSPS) is 15.1. The van der Waals surface area contributed by atoms with Crippen molar-refractivity contribution < 1.29 is 14.7 Å². The smallest absolute Gasteiger partial charge is 0.326 e. The van der Waals surface area contributed by atoms with Crippen LogP contribution in [0.5, 0.6) is 0 Å². The molecular formula is C17H16N2O3. The van der Waals surface area contributed by atoms with E-state index in [0.29, 0.717) is 5.69 Å². The minimum Gasteiger partial charge on any atom is -0.480 e. The van der Waals surface area contributed by atoms with Gasteiger partial charge in [-0.2, -0.15) is 0 Å². The van der Waals surface area contributed by atoms with E-state index in [1.54, 1.807) is 12.1 Å². The molecule has 1 fully saturated rings. The van der Waals surface area contributed by atoms with E-state index in [0.717, 1.165) is 18.4 Å². The minimum atomic E-state index is -0.991. The molecule has 1 unspecified atom stereocenters. The van der Waals surface area contributed by atoms with Crippen LogP contribution in [-0.2, 0) is 4.79 Å². The molecule has 22 heavy (non-hydrogen) atoms. The van der Waals surface area contributed by atoms with Gasteiger partial charge in [-0.1, -0.05) is 36.4 Å². The molecule has 1 aliphatic carbocycles. The van der Waals surface area contributed by atoms with Gasteiger partial charge in [0.25, 0.3) is 5.91 Å². The molecule has 1 heterocycles. The molecule has 2 N–H and O–H groups in total. The Hall–Kier alpha value is -2.69. The Bertz CT molecular complexity index is 696. The van der Waals surface area contributed by atoms with E-state index in [2.05, 4.69) is 10.3 Å². The van der Waals surface area contributed by atoms with Gasteiger partial charge in [-0.3, -0.25) is 4.79 Å². The van der Waals surface area contributed by atoms with E-state index in [4.69, 9.17) is 0 Å². The Balaban J connectivity index is 1.79.